The molecule has 0 bridgehead atoms. The molecule has 2 nitrogen and oxygen atoms in total. The quantitative estimate of drug-likeness (QED) is 0.901. The molecule has 0 amide bonds. The molecule has 0 unspecified atom stereocenters. The molecule has 0 radical (unpaired) electrons. The van der Waals surface area contributed by atoms with Gasteiger partial charge in [-0.15, -0.1) is 0 Å². The highest BCUT2D eigenvalue weighted by molar-refractivity contribution is 6.30. The number of methoxy groups -OCH3 is 1. The fourth-order valence-corrected chi connectivity index (χ4v) is 1.89. The van der Waals surface area contributed by atoms with Crippen molar-refractivity contribution in [3.63, 3.8) is 0 Å². The molecule has 2 N–H and O–H groups in total. The molecule has 88 valence electrons. The van der Waals surface area contributed by atoms with E-state index < -0.39 is 0 Å². The van der Waals surface area contributed by atoms with Crippen LogP contribution >= 0.6 is 11.6 Å². The highest BCUT2D eigenvalue weighted by Crippen LogP contribution is 2.32. The Hall–Kier alpha value is -1.51. The van der Waals surface area contributed by atoms with Crippen molar-refractivity contribution in [3.05, 3.63) is 53.1 Å². The van der Waals surface area contributed by atoms with Gasteiger partial charge in [0.2, 0.25) is 0 Å². The largest absolute Gasteiger partial charge is 0.496 e. The van der Waals surface area contributed by atoms with E-state index in [0.29, 0.717) is 11.6 Å². The molecule has 0 saturated heterocycles. The standard InChI is InChI=1S/C14H14ClNO/c1-17-14-8-12(15)6-7-13(14)11-4-2-10(9-16)3-5-11/h2-8H,9,16H2,1H3. The molecule has 2 aromatic carbocycles. The van der Waals surface area contributed by atoms with Crippen LogP contribution in [0.4, 0.5) is 0 Å². The van der Waals surface area contributed by atoms with Crippen molar-refractivity contribution in [2.75, 3.05) is 7.11 Å². The molecule has 0 saturated carbocycles. The third-order valence-electron chi connectivity index (χ3n) is 2.66. The second-order valence-electron chi connectivity index (χ2n) is 3.75. The second-order valence-corrected chi connectivity index (χ2v) is 4.18. The molecular weight excluding hydrogens is 234 g/mol. The third-order valence-corrected chi connectivity index (χ3v) is 2.90. The molecule has 0 aliphatic rings. The van der Waals surface area contributed by atoms with Crippen molar-refractivity contribution in [2.45, 2.75) is 6.54 Å². The van der Waals surface area contributed by atoms with Crippen molar-refractivity contribution < 1.29 is 4.74 Å². The van der Waals surface area contributed by atoms with Crippen LogP contribution in [0, 0.1) is 0 Å². The molecule has 17 heavy (non-hydrogen) atoms. The van der Waals surface area contributed by atoms with E-state index in [1.165, 1.54) is 0 Å². The van der Waals surface area contributed by atoms with Crippen LogP contribution < -0.4 is 10.5 Å². The van der Waals surface area contributed by atoms with Gasteiger partial charge in [0, 0.05) is 17.1 Å². The molecule has 0 spiro atoms. The van der Waals surface area contributed by atoms with E-state index in [-0.39, 0.29) is 0 Å². The van der Waals surface area contributed by atoms with Crippen molar-refractivity contribution in [1.82, 2.24) is 0 Å². The zero-order chi connectivity index (χ0) is 12.3. The molecule has 0 aliphatic carbocycles. The van der Waals surface area contributed by atoms with Crippen LogP contribution in [-0.2, 0) is 6.54 Å². The first-order chi connectivity index (χ1) is 8.24. The van der Waals surface area contributed by atoms with E-state index in [1.54, 1.807) is 7.11 Å². The van der Waals surface area contributed by atoms with Crippen LogP contribution in [0.5, 0.6) is 5.75 Å². The zero-order valence-electron chi connectivity index (χ0n) is 9.61. The summed E-state index contributed by atoms with van der Waals surface area (Å²) in [7, 11) is 1.64. The topological polar surface area (TPSA) is 35.2 Å². The maximum Gasteiger partial charge on any atom is 0.128 e. The van der Waals surface area contributed by atoms with Gasteiger partial charge in [-0.05, 0) is 29.3 Å². The minimum Gasteiger partial charge on any atom is -0.496 e. The van der Waals surface area contributed by atoms with Crippen LogP contribution in [0.3, 0.4) is 0 Å². The first-order valence-electron chi connectivity index (χ1n) is 5.37. The number of ether oxygens (including phenoxy) is 1. The van der Waals surface area contributed by atoms with Crippen molar-refractivity contribution >= 4 is 11.6 Å². The highest BCUT2D eigenvalue weighted by atomic mass is 35.5. The normalized spacial score (nSPS) is 10.3. The maximum absolute atomic E-state index is 5.93. The van der Waals surface area contributed by atoms with Gasteiger partial charge in [0.05, 0.1) is 7.11 Å². The van der Waals surface area contributed by atoms with Gasteiger partial charge in [0.15, 0.2) is 0 Å². The van der Waals surface area contributed by atoms with Crippen molar-refractivity contribution in [3.8, 4) is 16.9 Å². The second kappa shape index (κ2) is 5.21. The van der Waals surface area contributed by atoms with Gasteiger partial charge in [0.1, 0.15) is 5.75 Å². The van der Waals surface area contributed by atoms with Crippen LogP contribution in [-0.4, -0.2) is 7.11 Å². The number of nitrogens with two attached hydrogens (primary N) is 1. The molecule has 0 heterocycles. The molecule has 0 aromatic heterocycles. The fourth-order valence-electron chi connectivity index (χ4n) is 1.72. The molecule has 0 atom stereocenters. The highest BCUT2D eigenvalue weighted by Gasteiger charge is 2.06. The Kier molecular flexibility index (Phi) is 3.67. The average molecular weight is 248 g/mol. The van der Waals surface area contributed by atoms with Gasteiger partial charge < -0.3 is 10.5 Å². The zero-order valence-corrected chi connectivity index (χ0v) is 10.4. The predicted molar refractivity (Wildman–Crippen MR) is 71.3 cm³/mol. The Balaban J connectivity index is 2.44. The van der Waals surface area contributed by atoms with E-state index in [0.717, 1.165) is 22.4 Å². The van der Waals surface area contributed by atoms with Gasteiger partial charge in [-0.3, -0.25) is 0 Å². The number of benzene rings is 2. The Bertz CT molecular complexity index is 508. The van der Waals surface area contributed by atoms with Crippen LogP contribution in [0.15, 0.2) is 42.5 Å². The molecule has 2 rings (SSSR count). The number of hydrogen-bond acceptors (Lipinski definition) is 2. The maximum atomic E-state index is 5.93. The van der Waals surface area contributed by atoms with Gasteiger partial charge >= 0.3 is 0 Å². The summed E-state index contributed by atoms with van der Waals surface area (Å²) in [4.78, 5) is 0. The number of hydrogen-bond donors (Lipinski definition) is 1. The fraction of sp³-hybridized carbons (Fsp3) is 0.143. The minimum atomic E-state index is 0.554. The first kappa shape index (κ1) is 12.0. The van der Waals surface area contributed by atoms with E-state index in [2.05, 4.69) is 0 Å². The van der Waals surface area contributed by atoms with Crippen LogP contribution in [0.2, 0.25) is 5.02 Å². The van der Waals surface area contributed by atoms with E-state index in [4.69, 9.17) is 22.1 Å². The summed E-state index contributed by atoms with van der Waals surface area (Å²) >= 11 is 5.93. The smallest absolute Gasteiger partial charge is 0.128 e. The Labute approximate surface area is 106 Å². The SMILES string of the molecule is COc1cc(Cl)ccc1-c1ccc(CN)cc1. The summed E-state index contributed by atoms with van der Waals surface area (Å²) < 4.78 is 5.33. The minimum absolute atomic E-state index is 0.554. The summed E-state index contributed by atoms with van der Waals surface area (Å²) in [5, 5.41) is 0.671. The van der Waals surface area contributed by atoms with Crippen LogP contribution in [0.1, 0.15) is 5.56 Å². The van der Waals surface area contributed by atoms with E-state index >= 15 is 0 Å². The van der Waals surface area contributed by atoms with Crippen molar-refractivity contribution in [1.29, 1.82) is 0 Å². The summed E-state index contributed by atoms with van der Waals surface area (Å²) in [6.07, 6.45) is 0. The van der Waals surface area contributed by atoms with Gasteiger partial charge in [-0.2, -0.15) is 0 Å². The van der Waals surface area contributed by atoms with Crippen LogP contribution in [0.25, 0.3) is 11.1 Å². The molecule has 0 fully saturated rings. The lowest BCUT2D eigenvalue weighted by molar-refractivity contribution is 0.416. The molecule has 3 heteroatoms. The van der Waals surface area contributed by atoms with Crippen molar-refractivity contribution in [2.24, 2.45) is 5.73 Å². The Morgan fingerprint density at radius 3 is 2.41 bits per heavy atom. The lowest BCUT2D eigenvalue weighted by Gasteiger charge is -2.09. The number of rotatable bonds is 3. The summed E-state index contributed by atoms with van der Waals surface area (Å²) in [6, 6.07) is 13.7. The van der Waals surface area contributed by atoms with E-state index in [1.807, 2.05) is 42.5 Å². The average Bonchev–Trinajstić information content (AvgIpc) is 2.39. The third kappa shape index (κ3) is 2.60. The Morgan fingerprint density at radius 1 is 1.12 bits per heavy atom. The predicted octanol–water partition coefficient (Wildman–Crippen LogP) is 3.47. The Morgan fingerprint density at radius 2 is 1.82 bits per heavy atom. The lowest BCUT2D eigenvalue weighted by Crippen LogP contribution is -1.95. The summed E-state index contributed by atoms with van der Waals surface area (Å²) in [6.45, 7) is 0.554. The summed E-state index contributed by atoms with van der Waals surface area (Å²) in [5.41, 5.74) is 8.81. The van der Waals surface area contributed by atoms with Gasteiger partial charge in [0.25, 0.3) is 0 Å². The lowest BCUT2D eigenvalue weighted by atomic mass is 10.0. The van der Waals surface area contributed by atoms with E-state index in [9.17, 15) is 0 Å². The first-order valence-corrected chi connectivity index (χ1v) is 5.75. The molecular formula is C14H14ClNO. The molecule has 0 aliphatic heterocycles. The van der Waals surface area contributed by atoms with Gasteiger partial charge in [-0.1, -0.05) is 35.9 Å². The summed E-state index contributed by atoms with van der Waals surface area (Å²) in [5.74, 6) is 0.776. The number of halogens is 1. The van der Waals surface area contributed by atoms with Gasteiger partial charge in [-0.25, -0.2) is 0 Å². The monoisotopic (exact) mass is 247 g/mol. The molecule has 2 aromatic rings.